The van der Waals surface area contributed by atoms with Gasteiger partial charge in [-0.2, -0.15) is 0 Å². The second-order valence-corrected chi connectivity index (χ2v) is 5.78. The molecule has 0 bridgehead atoms. The molecule has 0 amide bonds. The van der Waals surface area contributed by atoms with Crippen LogP contribution in [0, 0.1) is 0 Å². The Bertz CT molecular complexity index is 691. The molecule has 0 radical (unpaired) electrons. The van der Waals surface area contributed by atoms with E-state index in [1.807, 2.05) is 24.3 Å². The number of pyridine rings is 1. The van der Waals surface area contributed by atoms with Crippen LogP contribution in [0.3, 0.4) is 0 Å². The highest BCUT2D eigenvalue weighted by molar-refractivity contribution is 5.54. The fourth-order valence-corrected chi connectivity index (χ4v) is 3.12. The largest absolute Gasteiger partial charge is 0.493 e. The van der Waals surface area contributed by atoms with Crippen molar-refractivity contribution in [2.75, 3.05) is 28.4 Å². The van der Waals surface area contributed by atoms with Crippen LogP contribution >= 0.6 is 0 Å². The molecule has 1 aromatic carbocycles. The molecule has 1 aliphatic rings. The highest BCUT2D eigenvalue weighted by Crippen LogP contribution is 2.45. The van der Waals surface area contributed by atoms with E-state index in [0.29, 0.717) is 23.1 Å². The summed E-state index contributed by atoms with van der Waals surface area (Å²) in [5.41, 5.74) is 2.06. The molecular formula is C19H23NO5. The van der Waals surface area contributed by atoms with E-state index in [2.05, 4.69) is 4.98 Å². The summed E-state index contributed by atoms with van der Waals surface area (Å²) in [5.74, 6) is 2.45. The number of aromatic nitrogens is 1. The van der Waals surface area contributed by atoms with Gasteiger partial charge in [-0.15, -0.1) is 0 Å². The average Bonchev–Trinajstić information content (AvgIpc) is 3.17. The standard InChI is InChI=1S/C19H23NO5/c1-21-16-9-13(10-17(22-2)19(16)24-4)15-7-6-14(25-15)12-5-8-18(23-3)20-11-12/h5,8-11,14-15H,6-7H2,1-4H3. The fraction of sp³-hybridized carbons (Fsp3) is 0.421. The Morgan fingerprint density at radius 3 is 1.96 bits per heavy atom. The van der Waals surface area contributed by atoms with Crippen molar-refractivity contribution in [3.8, 4) is 23.1 Å². The van der Waals surface area contributed by atoms with Crippen molar-refractivity contribution in [1.82, 2.24) is 4.98 Å². The maximum Gasteiger partial charge on any atom is 0.212 e. The van der Waals surface area contributed by atoms with Gasteiger partial charge in [0.1, 0.15) is 0 Å². The average molecular weight is 345 g/mol. The summed E-state index contributed by atoms with van der Waals surface area (Å²) in [7, 11) is 6.43. The van der Waals surface area contributed by atoms with Crippen molar-refractivity contribution in [2.24, 2.45) is 0 Å². The minimum absolute atomic E-state index is 0.0162. The Kier molecular flexibility index (Phi) is 5.28. The highest BCUT2D eigenvalue weighted by atomic mass is 16.5. The summed E-state index contributed by atoms with van der Waals surface area (Å²) >= 11 is 0. The normalized spacial score (nSPS) is 19.5. The van der Waals surface area contributed by atoms with Crippen LogP contribution in [0.2, 0.25) is 0 Å². The SMILES string of the molecule is COc1ccc(C2CCC(c3cc(OC)c(OC)c(OC)c3)O2)cn1. The quantitative estimate of drug-likeness (QED) is 0.795. The van der Waals surface area contributed by atoms with Crippen LogP contribution in [0.1, 0.15) is 36.2 Å². The molecule has 1 aliphatic heterocycles. The first-order valence-corrected chi connectivity index (χ1v) is 8.15. The maximum atomic E-state index is 6.25. The lowest BCUT2D eigenvalue weighted by molar-refractivity contribution is 0.0436. The molecule has 6 heteroatoms. The minimum atomic E-state index is -0.0270. The van der Waals surface area contributed by atoms with Crippen molar-refractivity contribution in [3.63, 3.8) is 0 Å². The number of hydrogen-bond donors (Lipinski definition) is 0. The zero-order valence-corrected chi connectivity index (χ0v) is 14.9. The molecular weight excluding hydrogens is 322 g/mol. The van der Waals surface area contributed by atoms with Crippen LogP contribution in [0.4, 0.5) is 0 Å². The van der Waals surface area contributed by atoms with E-state index in [4.69, 9.17) is 23.7 Å². The first-order valence-electron chi connectivity index (χ1n) is 8.15. The summed E-state index contributed by atoms with van der Waals surface area (Å²) in [5, 5.41) is 0. The number of benzene rings is 1. The fourth-order valence-electron chi connectivity index (χ4n) is 3.12. The van der Waals surface area contributed by atoms with Gasteiger partial charge < -0.3 is 23.7 Å². The zero-order valence-electron chi connectivity index (χ0n) is 14.9. The van der Waals surface area contributed by atoms with Crippen molar-refractivity contribution in [1.29, 1.82) is 0 Å². The molecule has 25 heavy (non-hydrogen) atoms. The molecule has 3 rings (SSSR count). The van der Waals surface area contributed by atoms with E-state index < -0.39 is 0 Å². The Labute approximate surface area is 147 Å². The van der Waals surface area contributed by atoms with E-state index in [9.17, 15) is 0 Å². The summed E-state index contributed by atoms with van der Waals surface area (Å²) in [6.07, 6.45) is 3.63. The van der Waals surface area contributed by atoms with Crippen molar-refractivity contribution in [2.45, 2.75) is 25.0 Å². The van der Waals surface area contributed by atoms with Crippen molar-refractivity contribution < 1.29 is 23.7 Å². The molecule has 134 valence electrons. The van der Waals surface area contributed by atoms with E-state index in [1.54, 1.807) is 34.6 Å². The third kappa shape index (κ3) is 3.49. The number of ether oxygens (including phenoxy) is 5. The van der Waals surface area contributed by atoms with Gasteiger partial charge in [0, 0.05) is 12.3 Å². The Balaban J connectivity index is 1.81. The lowest BCUT2D eigenvalue weighted by Gasteiger charge is -2.18. The molecule has 2 atom stereocenters. The molecule has 2 heterocycles. The number of hydrogen-bond acceptors (Lipinski definition) is 6. The second-order valence-electron chi connectivity index (χ2n) is 5.78. The number of nitrogens with zero attached hydrogens (tertiary/aromatic N) is 1. The van der Waals surface area contributed by atoms with Gasteiger partial charge in [0.2, 0.25) is 11.6 Å². The van der Waals surface area contributed by atoms with Gasteiger partial charge in [-0.3, -0.25) is 0 Å². The molecule has 0 saturated carbocycles. The highest BCUT2D eigenvalue weighted by Gasteiger charge is 2.29. The lowest BCUT2D eigenvalue weighted by Crippen LogP contribution is -2.03. The van der Waals surface area contributed by atoms with Gasteiger partial charge >= 0.3 is 0 Å². The van der Waals surface area contributed by atoms with E-state index >= 15 is 0 Å². The molecule has 2 aromatic rings. The summed E-state index contributed by atoms with van der Waals surface area (Å²) in [6, 6.07) is 7.74. The van der Waals surface area contributed by atoms with Crippen LogP contribution in [-0.2, 0) is 4.74 Å². The van der Waals surface area contributed by atoms with Crippen molar-refractivity contribution in [3.05, 3.63) is 41.6 Å². The molecule has 1 saturated heterocycles. The Morgan fingerprint density at radius 2 is 1.48 bits per heavy atom. The van der Waals surface area contributed by atoms with Crippen LogP contribution in [0.15, 0.2) is 30.5 Å². The summed E-state index contributed by atoms with van der Waals surface area (Å²) in [6.45, 7) is 0. The maximum absolute atomic E-state index is 6.25. The number of methoxy groups -OCH3 is 4. The molecule has 1 fully saturated rings. The van der Waals surface area contributed by atoms with Crippen LogP contribution < -0.4 is 18.9 Å². The predicted molar refractivity (Wildman–Crippen MR) is 92.7 cm³/mol. The van der Waals surface area contributed by atoms with E-state index in [-0.39, 0.29) is 12.2 Å². The smallest absolute Gasteiger partial charge is 0.212 e. The van der Waals surface area contributed by atoms with E-state index in [0.717, 1.165) is 24.0 Å². The Hall–Kier alpha value is -2.47. The van der Waals surface area contributed by atoms with Crippen LogP contribution in [0.25, 0.3) is 0 Å². The van der Waals surface area contributed by atoms with Crippen molar-refractivity contribution >= 4 is 0 Å². The monoisotopic (exact) mass is 345 g/mol. The first kappa shape index (κ1) is 17.4. The summed E-state index contributed by atoms with van der Waals surface area (Å²) < 4.78 is 27.6. The third-order valence-corrected chi connectivity index (χ3v) is 4.42. The number of rotatable bonds is 6. The predicted octanol–water partition coefficient (Wildman–Crippen LogP) is 3.71. The Morgan fingerprint density at radius 1 is 0.840 bits per heavy atom. The van der Waals surface area contributed by atoms with E-state index in [1.165, 1.54) is 0 Å². The topological polar surface area (TPSA) is 59.0 Å². The third-order valence-electron chi connectivity index (χ3n) is 4.42. The molecule has 0 N–H and O–H groups in total. The minimum Gasteiger partial charge on any atom is -0.493 e. The summed E-state index contributed by atoms with van der Waals surface area (Å²) in [4.78, 5) is 4.26. The van der Waals surface area contributed by atoms with Gasteiger partial charge in [-0.05, 0) is 42.2 Å². The molecule has 0 spiro atoms. The van der Waals surface area contributed by atoms with Gasteiger partial charge in [0.05, 0.1) is 40.6 Å². The van der Waals surface area contributed by atoms with Crippen LogP contribution in [-0.4, -0.2) is 33.4 Å². The molecule has 1 aromatic heterocycles. The van der Waals surface area contributed by atoms with Gasteiger partial charge in [-0.25, -0.2) is 4.98 Å². The molecule has 2 unspecified atom stereocenters. The van der Waals surface area contributed by atoms with Crippen LogP contribution in [0.5, 0.6) is 23.1 Å². The van der Waals surface area contributed by atoms with Gasteiger partial charge in [0.25, 0.3) is 0 Å². The second kappa shape index (κ2) is 7.61. The van der Waals surface area contributed by atoms with Gasteiger partial charge in [-0.1, -0.05) is 0 Å². The van der Waals surface area contributed by atoms with Gasteiger partial charge in [0.15, 0.2) is 11.5 Å². The zero-order chi connectivity index (χ0) is 17.8. The molecule has 6 nitrogen and oxygen atoms in total. The molecule has 0 aliphatic carbocycles. The lowest BCUT2D eigenvalue weighted by atomic mass is 10.0. The first-order chi connectivity index (χ1) is 12.2.